The third-order valence-electron chi connectivity index (χ3n) is 2.20. The van der Waals surface area contributed by atoms with Crippen LogP contribution in [-0.2, 0) is 4.79 Å². The Kier molecular flexibility index (Phi) is 2.13. The van der Waals surface area contributed by atoms with E-state index in [1.165, 1.54) is 6.92 Å². The molecule has 1 aliphatic rings. The van der Waals surface area contributed by atoms with Crippen LogP contribution in [0.5, 0.6) is 11.5 Å². The molecule has 0 amide bonds. The summed E-state index contributed by atoms with van der Waals surface area (Å²) in [5.41, 5.74) is 6.41. The van der Waals surface area contributed by atoms with Crippen LogP contribution in [0.25, 0.3) is 0 Å². The van der Waals surface area contributed by atoms with Gasteiger partial charge in [-0.05, 0) is 13.0 Å². The van der Waals surface area contributed by atoms with Crippen LogP contribution in [0.4, 0.5) is 0 Å². The van der Waals surface area contributed by atoms with Crippen molar-refractivity contribution >= 4 is 5.78 Å². The summed E-state index contributed by atoms with van der Waals surface area (Å²) in [5.74, 6) is 1.16. The average molecular weight is 193 g/mol. The Morgan fingerprint density at radius 1 is 1.50 bits per heavy atom. The number of Topliss-reactive ketones (excluding diaryl/α,β-unsaturated/α-hetero) is 1. The molecule has 2 N–H and O–H groups in total. The van der Waals surface area contributed by atoms with Gasteiger partial charge in [0.2, 0.25) is 6.79 Å². The molecular formula is C10H11NO3. The maximum Gasteiger partial charge on any atom is 0.231 e. The van der Waals surface area contributed by atoms with Crippen LogP contribution < -0.4 is 15.2 Å². The zero-order valence-corrected chi connectivity index (χ0v) is 7.82. The minimum Gasteiger partial charge on any atom is -0.454 e. The molecule has 4 nitrogen and oxygen atoms in total. The van der Waals surface area contributed by atoms with Crippen molar-refractivity contribution < 1.29 is 14.3 Å². The smallest absolute Gasteiger partial charge is 0.231 e. The third kappa shape index (κ3) is 1.33. The van der Waals surface area contributed by atoms with E-state index in [4.69, 9.17) is 15.2 Å². The largest absolute Gasteiger partial charge is 0.454 e. The van der Waals surface area contributed by atoms with Gasteiger partial charge >= 0.3 is 0 Å². The summed E-state index contributed by atoms with van der Waals surface area (Å²) in [5, 5.41) is 0. The minimum atomic E-state index is -0.633. The van der Waals surface area contributed by atoms with Crippen molar-refractivity contribution in [2.24, 2.45) is 5.73 Å². The second-order valence-corrected chi connectivity index (χ2v) is 3.17. The van der Waals surface area contributed by atoms with E-state index in [0.717, 1.165) is 0 Å². The van der Waals surface area contributed by atoms with Crippen LogP contribution in [0.1, 0.15) is 18.5 Å². The number of hydrogen-bond donors (Lipinski definition) is 1. The molecule has 0 fully saturated rings. The molecule has 74 valence electrons. The zero-order chi connectivity index (χ0) is 10.1. The predicted octanol–water partition coefficient (Wildman–Crippen LogP) is 1.00. The highest BCUT2D eigenvalue weighted by molar-refractivity contribution is 5.83. The van der Waals surface area contributed by atoms with Gasteiger partial charge in [0.15, 0.2) is 17.3 Å². The van der Waals surface area contributed by atoms with Crippen molar-refractivity contribution in [2.75, 3.05) is 6.79 Å². The first kappa shape index (κ1) is 9.02. The molecule has 0 saturated carbocycles. The number of carbonyl (C=O) groups excluding carboxylic acids is 1. The number of rotatable bonds is 2. The molecule has 14 heavy (non-hydrogen) atoms. The monoisotopic (exact) mass is 193 g/mol. The molecule has 4 heteroatoms. The summed E-state index contributed by atoms with van der Waals surface area (Å²) in [6, 6.07) is 4.73. The summed E-state index contributed by atoms with van der Waals surface area (Å²) in [6.45, 7) is 1.65. The van der Waals surface area contributed by atoms with Crippen molar-refractivity contribution in [3.63, 3.8) is 0 Å². The second-order valence-electron chi connectivity index (χ2n) is 3.17. The molecule has 0 aromatic heterocycles. The van der Waals surface area contributed by atoms with Crippen LogP contribution in [0.2, 0.25) is 0 Å². The maximum absolute atomic E-state index is 11.1. The molecule has 1 atom stereocenters. The highest BCUT2D eigenvalue weighted by Gasteiger charge is 2.22. The lowest BCUT2D eigenvalue weighted by atomic mass is 10.0. The SMILES string of the molecule is CC(=O)C(N)c1cccc2c1OCO2. The number of ether oxygens (including phenoxy) is 2. The fourth-order valence-corrected chi connectivity index (χ4v) is 1.42. The summed E-state index contributed by atoms with van der Waals surface area (Å²) in [7, 11) is 0. The van der Waals surface area contributed by atoms with Gasteiger partial charge in [-0.1, -0.05) is 12.1 Å². The molecule has 0 saturated heterocycles. The number of fused-ring (bicyclic) bond motifs is 1. The molecule has 2 rings (SSSR count). The van der Waals surface area contributed by atoms with Gasteiger partial charge in [0.05, 0.1) is 6.04 Å². The highest BCUT2D eigenvalue weighted by atomic mass is 16.7. The highest BCUT2D eigenvalue weighted by Crippen LogP contribution is 2.37. The van der Waals surface area contributed by atoms with Gasteiger partial charge in [-0.15, -0.1) is 0 Å². The van der Waals surface area contributed by atoms with Crippen molar-refractivity contribution in [1.82, 2.24) is 0 Å². The molecule has 1 aromatic rings. The lowest BCUT2D eigenvalue weighted by Crippen LogP contribution is -2.18. The number of ketones is 1. The fourth-order valence-electron chi connectivity index (χ4n) is 1.42. The number of benzene rings is 1. The summed E-state index contributed by atoms with van der Waals surface area (Å²) >= 11 is 0. The zero-order valence-electron chi connectivity index (χ0n) is 7.82. The molecule has 1 aromatic carbocycles. The lowest BCUT2D eigenvalue weighted by molar-refractivity contribution is -0.118. The van der Waals surface area contributed by atoms with E-state index in [9.17, 15) is 4.79 Å². The first-order valence-corrected chi connectivity index (χ1v) is 4.34. The Hall–Kier alpha value is -1.55. The van der Waals surface area contributed by atoms with Crippen LogP contribution in [-0.4, -0.2) is 12.6 Å². The Labute approximate surface area is 81.6 Å². The van der Waals surface area contributed by atoms with Crippen LogP contribution in [0.3, 0.4) is 0 Å². The van der Waals surface area contributed by atoms with Gasteiger partial charge < -0.3 is 15.2 Å². The van der Waals surface area contributed by atoms with Crippen LogP contribution >= 0.6 is 0 Å². The van der Waals surface area contributed by atoms with Gasteiger partial charge in [0, 0.05) is 5.56 Å². The quantitative estimate of drug-likeness (QED) is 0.761. The molecule has 1 heterocycles. The van der Waals surface area contributed by atoms with Crippen molar-refractivity contribution in [1.29, 1.82) is 0 Å². The summed E-state index contributed by atoms with van der Waals surface area (Å²) in [4.78, 5) is 11.1. The summed E-state index contributed by atoms with van der Waals surface area (Å²) < 4.78 is 10.4. The lowest BCUT2D eigenvalue weighted by Gasteiger charge is -2.10. The minimum absolute atomic E-state index is 0.0890. The van der Waals surface area contributed by atoms with Crippen molar-refractivity contribution in [2.45, 2.75) is 13.0 Å². The topological polar surface area (TPSA) is 61.6 Å². The predicted molar refractivity (Wildman–Crippen MR) is 50.2 cm³/mol. The van der Waals surface area contributed by atoms with E-state index < -0.39 is 6.04 Å². The molecule has 1 unspecified atom stereocenters. The second kappa shape index (κ2) is 3.31. The van der Waals surface area contributed by atoms with Gasteiger partial charge in [-0.3, -0.25) is 4.79 Å². The number of carbonyl (C=O) groups is 1. The molecule has 0 aliphatic carbocycles. The van der Waals surface area contributed by atoms with Crippen molar-refractivity contribution in [3.05, 3.63) is 23.8 Å². The molecular weight excluding hydrogens is 182 g/mol. The number of hydrogen-bond acceptors (Lipinski definition) is 4. The van der Waals surface area contributed by atoms with Gasteiger partial charge in [0.1, 0.15) is 0 Å². The Bertz CT molecular complexity index is 376. The number of para-hydroxylation sites is 1. The van der Waals surface area contributed by atoms with E-state index in [0.29, 0.717) is 17.1 Å². The number of nitrogens with two attached hydrogens (primary N) is 1. The third-order valence-corrected chi connectivity index (χ3v) is 2.20. The molecule has 0 radical (unpaired) electrons. The van der Waals surface area contributed by atoms with E-state index in [-0.39, 0.29) is 12.6 Å². The van der Waals surface area contributed by atoms with Gasteiger partial charge in [0.25, 0.3) is 0 Å². The van der Waals surface area contributed by atoms with E-state index in [1.54, 1.807) is 18.2 Å². The molecule has 1 aliphatic heterocycles. The first-order chi connectivity index (χ1) is 6.70. The molecule has 0 bridgehead atoms. The molecule has 0 spiro atoms. The normalized spacial score (nSPS) is 15.3. The van der Waals surface area contributed by atoms with Crippen LogP contribution in [0.15, 0.2) is 18.2 Å². The summed E-state index contributed by atoms with van der Waals surface area (Å²) in [6.07, 6.45) is 0. The standard InChI is InChI=1S/C10H11NO3/c1-6(12)9(11)7-3-2-4-8-10(7)14-5-13-8/h2-4,9H,5,11H2,1H3. The first-order valence-electron chi connectivity index (χ1n) is 4.34. The van der Waals surface area contributed by atoms with E-state index >= 15 is 0 Å². The Morgan fingerprint density at radius 2 is 2.29 bits per heavy atom. The Morgan fingerprint density at radius 3 is 3.00 bits per heavy atom. The average Bonchev–Trinajstić information content (AvgIpc) is 2.63. The van der Waals surface area contributed by atoms with E-state index in [1.807, 2.05) is 0 Å². The van der Waals surface area contributed by atoms with E-state index in [2.05, 4.69) is 0 Å². The van der Waals surface area contributed by atoms with Crippen molar-refractivity contribution in [3.8, 4) is 11.5 Å². The van der Waals surface area contributed by atoms with Gasteiger partial charge in [-0.2, -0.15) is 0 Å². The fraction of sp³-hybridized carbons (Fsp3) is 0.300. The van der Waals surface area contributed by atoms with Crippen LogP contribution in [0, 0.1) is 0 Å². The van der Waals surface area contributed by atoms with Gasteiger partial charge in [-0.25, -0.2) is 0 Å². The Balaban J connectivity index is 2.44. The maximum atomic E-state index is 11.1.